The molecule has 0 aromatic carbocycles. The maximum absolute atomic E-state index is 12.7. The molecule has 0 aliphatic carbocycles. The van der Waals surface area contributed by atoms with E-state index in [9.17, 15) is 4.79 Å². The van der Waals surface area contributed by atoms with E-state index < -0.39 is 0 Å². The van der Waals surface area contributed by atoms with E-state index in [2.05, 4.69) is 25.1 Å². The zero-order valence-corrected chi connectivity index (χ0v) is 15.1. The van der Waals surface area contributed by atoms with Gasteiger partial charge in [-0.1, -0.05) is 13.8 Å². The summed E-state index contributed by atoms with van der Waals surface area (Å²) in [5.74, 6) is 0.622. The summed E-state index contributed by atoms with van der Waals surface area (Å²) >= 11 is 0. The highest BCUT2D eigenvalue weighted by Crippen LogP contribution is 2.24. The van der Waals surface area contributed by atoms with Crippen molar-refractivity contribution in [3.8, 4) is 17.1 Å². The third kappa shape index (κ3) is 2.50. The summed E-state index contributed by atoms with van der Waals surface area (Å²) in [5.41, 5.74) is 4.67. The highest BCUT2D eigenvalue weighted by Gasteiger charge is 2.17. The van der Waals surface area contributed by atoms with Crippen molar-refractivity contribution in [2.24, 2.45) is 0 Å². The van der Waals surface area contributed by atoms with Crippen molar-refractivity contribution in [3.63, 3.8) is 0 Å². The Morgan fingerprint density at radius 3 is 2.69 bits per heavy atom. The molecule has 1 N–H and O–H groups in total. The molecule has 0 saturated heterocycles. The maximum Gasteiger partial charge on any atom is 0.278 e. The Morgan fingerprint density at radius 1 is 1.15 bits per heavy atom. The van der Waals surface area contributed by atoms with E-state index >= 15 is 0 Å². The molecule has 0 spiro atoms. The van der Waals surface area contributed by atoms with Crippen LogP contribution < -0.4 is 5.56 Å². The standard InChI is InChI=1S/C18H19N7O/c1-10(2)15-12(4)23-16-14(8-21-25(16)17(15)26)13-7-20-24(9-13)18-19-6-5-11(3)22-18/h5-10,23H,1-4H3. The van der Waals surface area contributed by atoms with Crippen molar-refractivity contribution in [3.05, 3.63) is 58.2 Å². The highest BCUT2D eigenvalue weighted by molar-refractivity contribution is 5.76. The fraction of sp³-hybridized carbons (Fsp3) is 0.278. The van der Waals surface area contributed by atoms with E-state index in [1.165, 1.54) is 4.52 Å². The number of aryl methyl sites for hydroxylation is 2. The SMILES string of the molecule is Cc1ccnc(-n2cc(-c3cnn4c(=O)c(C(C)C)c(C)[nH]c34)cn2)n1. The van der Waals surface area contributed by atoms with Crippen LogP contribution in [0.2, 0.25) is 0 Å². The van der Waals surface area contributed by atoms with Crippen molar-refractivity contribution in [2.75, 3.05) is 0 Å². The summed E-state index contributed by atoms with van der Waals surface area (Å²) in [5, 5.41) is 8.62. The fourth-order valence-electron chi connectivity index (χ4n) is 3.15. The molecule has 0 aliphatic rings. The van der Waals surface area contributed by atoms with Crippen molar-refractivity contribution in [1.29, 1.82) is 0 Å². The van der Waals surface area contributed by atoms with E-state index in [4.69, 9.17) is 0 Å². The third-order valence-corrected chi connectivity index (χ3v) is 4.36. The minimum absolute atomic E-state index is 0.0908. The summed E-state index contributed by atoms with van der Waals surface area (Å²) in [6, 6.07) is 1.83. The van der Waals surface area contributed by atoms with Gasteiger partial charge in [0.1, 0.15) is 5.65 Å². The van der Waals surface area contributed by atoms with Gasteiger partial charge in [-0.05, 0) is 25.8 Å². The first-order valence-corrected chi connectivity index (χ1v) is 8.41. The summed E-state index contributed by atoms with van der Waals surface area (Å²) in [4.78, 5) is 24.7. The molecule has 4 aromatic rings. The lowest BCUT2D eigenvalue weighted by Gasteiger charge is -2.09. The Bertz CT molecular complexity index is 1170. The van der Waals surface area contributed by atoms with Gasteiger partial charge in [0.05, 0.1) is 12.4 Å². The fourth-order valence-corrected chi connectivity index (χ4v) is 3.15. The molecule has 0 radical (unpaired) electrons. The van der Waals surface area contributed by atoms with Crippen LogP contribution in [0, 0.1) is 13.8 Å². The second-order valence-electron chi connectivity index (χ2n) is 6.61. The second kappa shape index (κ2) is 5.91. The third-order valence-electron chi connectivity index (χ3n) is 4.36. The van der Waals surface area contributed by atoms with Gasteiger partial charge in [0, 0.05) is 40.5 Å². The van der Waals surface area contributed by atoms with Crippen LogP contribution in [0.1, 0.15) is 36.7 Å². The van der Waals surface area contributed by atoms with E-state index in [1.807, 2.05) is 40.0 Å². The van der Waals surface area contributed by atoms with Gasteiger partial charge in [-0.15, -0.1) is 0 Å². The number of hydrogen-bond acceptors (Lipinski definition) is 5. The summed E-state index contributed by atoms with van der Waals surface area (Å²) < 4.78 is 3.03. The van der Waals surface area contributed by atoms with Gasteiger partial charge >= 0.3 is 0 Å². The van der Waals surface area contributed by atoms with Crippen LogP contribution in [-0.4, -0.2) is 34.3 Å². The molecule has 26 heavy (non-hydrogen) atoms. The second-order valence-corrected chi connectivity index (χ2v) is 6.61. The average molecular weight is 349 g/mol. The molecule has 0 amide bonds. The molecule has 8 nitrogen and oxygen atoms in total. The summed E-state index contributed by atoms with van der Waals surface area (Å²) in [7, 11) is 0. The molecule has 0 atom stereocenters. The van der Waals surface area contributed by atoms with Gasteiger partial charge < -0.3 is 4.98 Å². The Morgan fingerprint density at radius 2 is 1.96 bits per heavy atom. The normalized spacial score (nSPS) is 11.6. The average Bonchev–Trinajstić information content (AvgIpc) is 3.21. The van der Waals surface area contributed by atoms with Gasteiger partial charge in [0.2, 0.25) is 0 Å². The Hall–Kier alpha value is -3.29. The zero-order chi connectivity index (χ0) is 18.4. The summed E-state index contributed by atoms with van der Waals surface area (Å²) in [6.07, 6.45) is 6.92. The van der Waals surface area contributed by atoms with Gasteiger partial charge in [-0.3, -0.25) is 4.79 Å². The molecule has 4 rings (SSSR count). The highest BCUT2D eigenvalue weighted by atomic mass is 16.1. The Balaban J connectivity index is 1.85. The molecule has 0 unspecified atom stereocenters. The maximum atomic E-state index is 12.7. The lowest BCUT2D eigenvalue weighted by molar-refractivity contribution is 0.780. The Labute approximate surface area is 149 Å². The lowest BCUT2D eigenvalue weighted by atomic mass is 10.0. The van der Waals surface area contributed by atoms with Crippen LogP contribution >= 0.6 is 0 Å². The largest absolute Gasteiger partial charge is 0.343 e. The molecule has 4 aromatic heterocycles. The van der Waals surface area contributed by atoms with Crippen LogP contribution in [0.25, 0.3) is 22.7 Å². The van der Waals surface area contributed by atoms with E-state index in [0.29, 0.717) is 11.6 Å². The van der Waals surface area contributed by atoms with E-state index in [1.54, 1.807) is 23.3 Å². The molecule has 0 aliphatic heterocycles. The number of fused-ring (bicyclic) bond motifs is 1. The van der Waals surface area contributed by atoms with Crippen molar-refractivity contribution in [2.45, 2.75) is 33.6 Å². The number of aromatic nitrogens is 7. The van der Waals surface area contributed by atoms with Crippen LogP contribution in [0.5, 0.6) is 0 Å². The molecule has 0 bridgehead atoms. The van der Waals surface area contributed by atoms with Gasteiger partial charge in [-0.2, -0.15) is 14.7 Å². The van der Waals surface area contributed by atoms with Gasteiger partial charge in [-0.25, -0.2) is 14.6 Å². The minimum atomic E-state index is -0.0908. The van der Waals surface area contributed by atoms with Crippen LogP contribution in [0.4, 0.5) is 0 Å². The smallest absolute Gasteiger partial charge is 0.278 e. The van der Waals surface area contributed by atoms with E-state index in [0.717, 1.165) is 28.1 Å². The lowest BCUT2D eigenvalue weighted by Crippen LogP contribution is -2.22. The first-order chi connectivity index (χ1) is 12.5. The molecular formula is C18H19N7O. The quantitative estimate of drug-likeness (QED) is 0.613. The number of rotatable bonds is 3. The number of H-pyrrole nitrogens is 1. The van der Waals surface area contributed by atoms with Gasteiger partial charge in [0.25, 0.3) is 11.5 Å². The van der Waals surface area contributed by atoms with Crippen molar-refractivity contribution in [1.82, 2.24) is 34.3 Å². The molecule has 8 heteroatoms. The zero-order valence-electron chi connectivity index (χ0n) is 15.1. The predicted octanol–water partition coefficient (Wildman–Crippen LogP) is 2.41. The summed E-state index contributed by atoms with van der Waals surface area (Å²) in [6.45, 7) is 7.82. The van der Waals surface area contributed by atoms with Crippen molar-refractivity contribution < 1.29 is 0 Å². The van der Waals surface area contributed by atoms with Crippen LogP contribution in [-0.2, 0) is 0 Å². The number of hydrogen-bond donors (Lipinski definition) is 1. The topological polar surface area (TPSA) is 93.8 Å². The molecule has 4 heterocycles. The number of nitrogens with zero attached hydrogens (tertiary/aromatic N) is 6. The Kier molecular flexibility index (Phi) is 3.68. The monoisotopic (exact) mass is 349 g/mol. The van der Waals surface area contributed by atoms with Crippen molar-refractivity contribution >= 4 is 5.65 Å². The number of aromatic amines is 1. The van der Waals surface area contributed by atoms with E-state index in [-0.39, 0.29) is 11.5 Å². The predicted molar refractivity (Wildman–Crippen MR) is 97.5 cm³/mol. The molecule has 0 saturated carbocycles. The minimum Gasteiger partial charge on any atom is -0.343 e. The molecular weight excluding hydrogens is 330 g/mol. The first kappa shape index (κ1) is 16.2. The van der Waals surface area contributed by atoms with Gasteiger partial charge in [0.15, 0.2) is 0 Å². The molecule has 132 valence electrons. The molecule has 0 fully saturated rings. The number of nitrogens with one attached hydrogen (secondary N) is 1. The van der Waals surface area contributed by atoms with Crippen LogP contribution in [0.15, 0.2) is 35.6 Å². The van der Waals surface area contributed by atoms with Crippen LogP contribution in [0.3, 0.4) is 0 Å². The first-order valence-electron chi connectivity index (χ1n) is 8.41.